The molecule has 1 aliphatic rings. The van der Waals surface area contributed by atoms with Crippen LogP contribution < -0.4 is 21.5 Å². The van der Waals surface area contributed by atoms with Gasteiger partial charge in [0.1, 0.15) is 12.2 Å². The molecule has 1 atom stereocenters. The van der Waals surface area contributed by atoms with E-state index in [4.69, 9.17) is 0 Å². The van der Waals surface area contributed by atoms with Crippen LogP contribution in [0.1, 0.15) is 5.56 Å². The van der Waals surface area contributed by atoms with E-state index in [0.29, 0.717) is 0 Å². The molecule has 1 nitrogen and oxygen atoms in total. The standard InChI is InChI=1S/C12H16N.BrH/c1-3-9-13(2)10-8-11-6-4-5-7-12(11)13;/h3-7H,1,8-10H2,2H3;1H/q+1;/p-1/t13-;/m1./s1. The number of quaternary nitrogens is 1. The number of para-hydroxylation sites is 1. The smallest absolute Gasteiger partial charge is 0.136 e. The summed E-state index contributed by atoms with van der Waals surface area (Å²) in [5.74, 6) is 0. The largest absolute Gasteiger partial charge is 1.00 e. The molecule has 0 saturated heterocycles. The molecule has 14 heavy (non-hydrogen) atoms. The fourth-order valence-corrected chi connectivity index (χ4v) is 2.21. The van der Waals surface area contributed by atoms with Crippen LogP contribution >= 0.6 is 0 Å². The van der Waals surface area contributed by atoms with Gasteiger partial charge in [-0.05, 0) is 12.1 Å². The van der Waals surface area contributed by atoms with E-state index < -0.39 is 0 Å². The molecule has 0 saturated carbocycles. The minimum Gasteiger partial charge on any atom is -1.00 e. The minimum atomic E-state index is 0. The molecule has 2 heteroatoms. The van der Waals surface area contributed by atoms with Gasteiger partial charge >= 0.3 is 0 Å². The molecule has 0 bridgehead atoms. The molecule has 0 fully saturated rings. The van der Waals surface area contributed by atoms with Gasteiger partial charge in [0.15, 0.2) is 0 Å². The third-order valence-electron chi connectivity index (χ3n) is 2.98. The summed E-state index contributed by atoms with van der Waals surface area (Å²) < 4.78 is 1.03. The Morgan fingerprint density at radius 3 is 2.86 bits per heavy atom. The van der Waals surface area contributed by atoms with Crippen molar-refractivity contribution in [3.8, 4) is 0 Å². The molecule has 0 amide bonds. The summed E-state index contributed by atoms with van der Waals surface area (Å²) in [4.78, 5) is 0. The highest BCUT2D eigenvalue weighted by molar-refractivity contribution is 5.54. The van der Waals surface area contributed by atoms with E-state index in [-0.39, 0.29) is 17.0 Å². The van der Waals surface area contributed by atoms with Gasteiger partial charge in [0.05, 0.1) is 13.6 Å². The van der Waals surface area contributed by atoms with Crippen LogP contribution in [0.25, 0.3) is 0 Å². The highest BCUT2D eigenvalue weighted by atomic mass is 79.9. The monoisotopic (exact) mass is 253 g/mol. The van der Waals surface area contributed by atoms with Gasteiger partial charge < -0.3 is 17.0 Å². The van der Waals surface area contributed by atoms with Gasteiger partial charge in [0.25, 0.3) is 0 Å². The lowest BCUT2D eigenvalue weighted by Gasteiger charge is -2.28. The Hall–Kier alpha value is -0.600. The van der Waals surface area contributed by atoms with Gasteiger partial charge in [0.2, 0.25) is 0 Å². The second-order valence-electron chi connectivity index (χ2n) is 3.97. The van der Waals surface area contributed by atoms with Crippen molar-refractivity contribution in [2.75, 3.05) is 20.1 Å². The van der Waals surface area contributed by atoms with Gasteiger partial charge in [-0.3, -0.25) is 4.48 Å². The van der Waals surface area contributed by atoms with Crippen molar-refractivity contribution in [1.82, 2.24) is 4.48 Å². The number of nitrogens with zero attached hydrogens (tertiary/aromatic N) is 1. The van der Waals surface area contributed by atoms with Crippen molar-refractivity contribution in [3.05, 3.63) is 42.5 Å². The molecular weight excluding hydrogens is 238 g/mol. The van der Waals surface area contributed by atoms with E-state index in [1.54, 1.807) is 0 Å². The van der Waals surface area contributed by atoms with E-state index in [2.05, 4.69) is 37.9 Å². The molecule has 76 valence electrons. The molecule has 1 aromatic rings. The second kappa shape index (κ2) is 4.28. The van der Waals surface area contributed by atoms with E-state index in [1.165, 1.54) is 24.2 Å². The van der Waals surface area contributed by atoms with Crippen LogP contribution in [0.2, 0.25) is 0 Å². The Morgan fingerprint density at radius 1 is 1.43 bits per heavy atom. The molecule has 0 radical (unpaired) electrons. The highest BCUT2D eigenvalue weighted by Gasteiger charge is 2.32. The lowest BCUT2D eigenvalue weighted by Crippen LogP contribution is -3.00. The van der Waals surface area contributed by atoms with Gasteiger partial charge in [-0.1, -0.05) is 24.8 Å². The van der Waals surface area contributed by atoms with Crippen LogP contribution in [0.3, 0.4) is 0 Å². The SMILES string of the molecule is C=CC[N@+]1(C)CCc2ccccc21.[Br-]. The summed E-state index contributed by atoms with van der Waals surface area (Å²) in [6.07, 6.45) is 3.22. The number of fused-ring (bicyclic) bond motifs is 1. The van der Waals surface area contributed by atoms with Crippen LogP contribution in [0.15, 0.2) is 36.9 Å². The van der Waals surface area contributed by atoms with E-state index in [9.17, 15) is 0 Å². The van der Waals surface area contributed by atoms with E-state index in [1.807, 2.05) is 6.08 Å². The quantitative estimate of drug-likeness (QED) is 0.487. The molecule has 1 heterocycles. The van der Waals surface area contributed by atoms with Crippen molar-refractivity contribution in [2.24, 2.45) is 0 Å². The predicted octanol–water partition coefficient (Wildman–Crippen LogP) is -0.630. The van der Waals surface area contributed by atoms with Gasteiger partial charge in [-0.2, -0.15) is 0 Å². The van der Waals surface area contributed by atoms with Crippen molar-refractivity contribution >= 4 is 5.69 Å². The van der Waals surface area contributed by atoms with Crippen molar-refractivity contribution in [3.63, 3.8) is 0 Å². The predicted molar refractivity (Wildman–Crippen MR) is 57.8 cm³/mol. The number of hydrogen-bond acceptors (Lipinski definition) is 0. The molecular formula is C12H16BrN. The molecule has 0 aliphatic carbocycles. The number of hydrogen-bond donors (Lipinski definition) is 0. The summed E-state index contributed by atoms with van der Waals surface area (Å²) in [7, 11) is 2.29. The zero-order valence-corrected chi connectivity index (χ0v) is 10.1. The third-order valence-corrected chi connectivity index (χ3v) is 2.98. The number of rotatable bonds is 2. The third kappa shape index (κ3) is 1.77. The van der Waals surface area contributed by atoms with Gasteiger partial charge in [-0.25, -0.2) is 0 Å². The Morgan fingerprint density at radius 2 is 2.14 bits per heavy atom. The summed E-state index contributed by atoms with van der Waals surface area (Å²) in [6, 6.07) is 8.74. The fraction of sp³-hybridized carbons (Fsp3) is 0.333. The number of benzene rings is 1. The van der Waals surface area contributed by atoms with Crippen LogP contribution in [-0.2, 0) is 6.42 Å². The molecule has 0 unspecified atom stereocenters. The second-order valence-corrected chi connectivity index (χ2v) is 3.97. The molecule has 0 N–H and O–H groups in total. The topological polar surface area (TPSA) is 0 Å². The Labute approximate surface area is 96.4 Å². The Kier molecular flexibility index (Phi) is 3.51. The summed E-state index contributed by atoms with van der Waals surface area (Å²) in [6.45, 7) is 6.08. The van der Waals surface area contributed by atoms with Crippen LogP contribution in [0.4, 0.5) is 5.69 Å². The van der Waals surface area contributed by atoms with Crippen molar-refractivity contribution in [2.45, 2.75) is 6.42 Å². The lowest BCUT2D eigenvalue weighted by molar-refractivity contribution is -0.00000274. The van der Waals surface area contributed by atoms with Crippen LogP contribution in [0.5, 0.6) is 0 Å². The maximum atomic E-state index is 3.83. The molecule has 2 rings (SSSR count). The van der Waals surface area contributed by atoms with Crippen molar-refractivity contribution in [1.29, 1.82) is 0 Å². The molecule has 1 aromatic carbocycles. The Bertz CT molecular complexity index is 335. The first-order valence-electron chi connectivity index (χ1n) is 4.80. The maximum Gasteiger partial charge on any atom is 0.136 e. The zero-order valence-electron chi connectivity index (χ0n) is 8.54. The fourth-order valence-electron chi connectivity index (χ4n) is 2.21. The van der Waals surface area contributed by atoms with Crippen LogP contribution in [0, 0.1) is 0 Å². The summed E-state index contributed by atoms with van der Waals surface area (Å²) in [5.41, 5.74) is 2.98. The summed E-state index contributed by atoms with van der Waals surface area (Å²) in [5, 5.41) is 0. The van der Waals surface area contributed by atoms with Crippen LogP contribution in [-0.4, -0.2) is 20.1 Å². The van der Waals surface area contributed by atoms with Gasteiger partial charge in [0, 0.05) is 12.0 Å². The van der Waals surface area contributed by atoms with Crippen molar-refractivity contribution < 1.29 is 17.0 Å². The molecule has 0 spiro atoms. The maximum absolute atomic E-state index is 3.83. The van der Waals surface area contributed by atoms with E-state index >= 15 is 0 Å². The first-order chi connectivity index (χ1) is 6.26. The zero-order chi connectivity index (χ0) is 9.31. The molecule has 1 aliphatic heterocycles. The lowest BCUT2D eigenvalue weighted by atomic mass is 10.2. The number of halogens is 1. The Balaban J connectivity index is 0.000000980. The average molecular weight is 254 g/mol. The number of likely N-dealkylation sites (N-methyl/N-ethyl adjacent to an activating group) is 1. The first kappa shape index (κ1) is 11.5. The minimum absolute atomic E-state index is 0. The van der Waals surface area contributed by atoms with Gasteiger partial charge in [-0.15, -0.1) is 0 Å². The molecule has 0 aromatic heterocycles. The highest BCUT2D eigenvalue weighted by Crippen LogP contribution is 2.32. The van der Waals surface area contributed by atoms with E-state index in [0.717, 1.165) is 11.0 Å². The average Bonchev–Trinajstić information content (AvgIpc) is 2.46. The summed E-state index contributed by atoms with van der Waals surface area (Å²) >= 11 is 0. The normalized spacial score (nSPS) is 23.8. The first-order valence-corrected chi connectivity index (χ1v) is 4.80.